The number of benzene rings is 1. The number of nitrogens with zero attached hydrogens (tertiary/aromatic N) is 1. The molecule has 0 radical (unpaired) electrons. The van der Waals surface area contributed by atoms with E-state index in [-0.39, 0.29) is 17.1 Å². The number of ketones is 1. The van der Waals surface area contributed by atoms with Crippen molar-refractivity contribution in [3.05, 3.63) is 70.2 Å². The minimum absolute atomic E-state index is 0.0379. The minimum atomic E-state index is -0.146. The van der Waals surface area contributed by atoms with E-state index in [0.29, 0.717) is 10.7 Å². The van der Waals surface area contributed by atoms with Crippen LogP contribution in [0.25, 0.3) is 0 Å². The van der Waals surface area contributed by atoms with E-state index in [2.05, 4.69) is 29.0 Å². The summed E-state index contributed by atoms with van der Waals surface area (Å²) in [7, 11) is 0. The van der Waals surface area contributed by atoms with E-state index in [1.54, 1.807) is 6.07 Å². The van der Waals surface area contributed by atoms with Crippen LogP contribution in [0.3, 0.4) is 0 Å². The van der Waals surface area contributed by atoms with Crippen molar-refractivity contribution in [2.45, 2.75) is 102 Å². The lowest BCUT2D eigenvalue weighted by molar-refractivity contribution is 0.102. The molecule has 4 nitrogen and oxygen atoms in total. The Hall–Kier alpha value is -2.14. The Morgan fingerprint density at radius 2 is 1.50 bits per heavy atom. The van der Waals surface area contributed by atoms with Gasteiger partial charge in [-0.3, -0.25) is 9.59 Å². The van der Waals surface area contributed by atoms with Crippen LogP contribution in [-0.4, -0.2) is 21.5 Å². The molecule has 0 aliphatic rings. The van der Waals surface area contributed by atoms with Crippen LogP contribution in [-0.2, 0) is 6.42 Å². The first-order valence-electron chi connectivity index (χ1n) is 13.2. The predicted molar refractivity (Wildman–Crippen MR) is 145 cm³/mol. The molecule has 1 heterocycles. The molecule has 34 heavy (non-hydrogen) atoms. The summed E-state index contributed by atoms with van der Waals surface area (Å²) in [6.45, 7) is 2.26. The molecule has 0 spiro atoms. The third-order valence-electron chi connectivity index (χ3n) is 5.90. The van der Waals surface area contributed by atoms with Gasteiger partial charge in [0.2, 0.25) is 0 Å². The average molecular weight is 483 g/mol. The van der Waals surface area contributed by atoms with Crippen LogP contribution in [0.5, 0.6) is 0 Å². The maximum Gasteiger partial charge on any atom is 0.251 e. The number of hydrogen-bond donors (Lipinski definition) is 1. The number of nitrogens with one attached hydrogen (secondary N) is 1. The van der Waals surface area contributed by atoms with E-state index >= 15 is 0 Å². The SMILES string of the molecule is CCCCCCCCC=CCCCCCCCc1cc(=O)[nH]c(SCC(=O)c2ccccc2)n1. The summed E-state index contributed by atoms with van der Waals surface area (Å²) in [4.78, 5) is 31.6. The Morgan fingerprint density at radius 1 is 0.882 bits per heavy atom. The van der Waals surface area contributed by atoms with Gasteiger partial charge in [-0.1, -0.05) is 113 Å². The zero-order valence-corrected chi connectivity index (χ0v) is 21.7. The van der Waals surface area contributed by atoms with Gasteiger partial charge in [-0.05, 0) is 38.5 Å². The van der Waals surface area contributed by atoms with Crippen molar-refractivity contribution in [3.8, 4) is 0 Å². The van der Waals surface area contributed by atoms with Crippen molar-refractivity contribution in [1.82, 2.24) is 9.97 Å². The van der Waals surface area contributed by atoms with Crippen LogP contribution < -0.4 is 5.56 Å². The second-order valence-corrected chi connectivity index (χ2v) is 9.92. The lowest BCUT2D eigenvalue weighted by atomic mass is 10.1. The topological polar surface area (TPSA) is 62.8 Å². The molecule has 2 rings (SSSR count). The number of hydrogen-bond acceptors (Lipinski definition) is 4. The Labute approximate surface area is 210 Å². The summed E-state index contributed by atoms with van der Waals surface area (Å²) in [5.74, 6) is 0.306. The van der Waals surface area contributed by atoms with Crippen LogP contribution in [0.1, 0.15) is 106 Å². The van der Waals surface area contributed by atoms with Crippen molar-refractivity contribution in [3.63, 3.8) is 0 Å². The third-order valence-corrected chi connectivity index (χ3v) is 6.78. The molecule has 0 unspecified atom stereocenters. The van der Waals surface area contributed by atoms with Crippen LogP contribution in [0, 0.1) is 0 Å². The molecule has 0 aliphatic heterocycles. The molecule has 0 fully saturated rings. The maximum atomic E-state index is 12.3. The highest BCUT2D eigenvalue weighted by Crippen LogP contribution is 2.15. The molecule has 1 N–H and O–H groups in total. The van der Waals surface area contributed by atoms with E-state index < -0.39 is 0 Å². The summed E-state index contributed by atoms with van der Waals surface area (Å²) in [5, 5.41) is 0.527. The molecule has 0 amide bonds. The Kier molecular flexibility index (Phi) is 15.1. The molecule has 1 aromatic carbocycles. The highest BCUT2D eigenvalue weighted by molar-refractivity contribution is 7.99. The largest absolute Gasteiger partial charge is 0.301 e. The Bertz CT molecular complexity index is 893. The lowest BCUT2D eigenvalue weighted by Crippen LogP contribution is -2.11. The summed E-state index contributed by atoms with van der Waals surface area (Å²) in [5.41, 5.74) is 1.35. The molecule has 2 aromatic rings. The normalized spacial score (nSPS) is 11.3. The van der Waals surface area contributed by atoms with Crippen LogP contribution in [0.15, 0.2) is 58.5 Å². The highest BCUT2D eigenvalue weighted by Gasteiger charge is 2.08. The van der Waals surface area contributed by atoms with Crippen molar-refractivity contribution < 1.29 is 4.79 Å². The summed E-state index contributed by atoms with van der Waals surface area (Å²) in [6, 6.07) is 10.8. The van der Waals surface area contributed by atoms with E-state index in [4.69, 9.17) is 0 Å². The fourth-order valence-electron chi connectivity index (χ4n) is 3.90. The number of unbranched alkanes of at least 4 members (excludes halogenated alkanes) is 11. The lowest BCUT2D eigenvalue weighted by Gasteiger charge is -2.05. The monoisotopic (exact) mass is 482 g/mol. The van der Waals surface area contributed by atoms with Crippen LogP contribution in [0.2, 0.25) is 0 Å². The molecule has 1 aromatic heterocycles. The molecule has 186 valence electrons. The second-order valence-electron chi connectivity index (χ2n) is 8.95. The number of allylic oxidation sites excluding steroid dienone is 2. The van der Waals surface area contributed by atoms with Gasteiger partial charge >= 0.3 is 0 Å². The fraction of sp³-hybridized carbons (Fsp3) is 0.552. The van der Waals surface area contributed by atoms with Crippen molar-refractivity contribution in [1.29, 1.82) is 0 Å². The third kappa shape index (κ3) is 12.9. The molecular formula is C29H42N2O2S. The molecule has 5 heteroatoms. The van der Waals surface area contributed by atoms with Gasteiger partial charge in [0.15, 0.2) is 10.9 Å². The Morgan fingerprint density at radius 3 is 2.18 bits per heavy atom. The number of carbonyl (C=O) groups is 1. The number of thioether (sulfide) groups is 1. The zero-order chi connectivity index (χ0) is 24.3. The smallest absolute Gasteiger partial charge is 0.251 e. The van der Waals surface area contributed by atoms with Crippen molar-refractivity contribution >= 4 is 17.5 Å². The van der Waals surface area contributed by atoms with E-state index in [0.717, 1.165) is 25.0 Å². The molecule has 0 atom stereocenters. The number of carbonyl (C=O) groups excluding carboxylic acids is 1. The molecular weight excluding hydrogens is 440 g/mol. The number of aryl methyl sites for hydroxylation is 1. The van der Waals surface area contributed by atoms with Gasteiger partial charge in [-0.15, -0.1) is 0 Å². The maximum absolute atomic E-state index is 12.3. The first-order valence-corrected chi connectivity index (χ1v) is 14.1. The van der Waals surface area contributed by atoms with Gasteiger partial charge in [-0.25, -0.2) is 4.98 Å². The van der Waals surface area contributed by atoms with E-state index in [9.17, 15) is 9.59 Å². The summed E-state index contributed by atoms with van der Waals surface area (Å²) in [6.07, 6.45) is 22.1. The van der Waals surface area contributed by atoms with Gasteiger partial charge in [0, 0.05) is 17.3 Å². The first kappa shape index (κ1) is 28.1. The number of rotatable bonds is 19. The quantitative estimate of drug-likeness (QED) is 0.0726. The number of aromatic nitrogens is 2. The predicted octanol–water partition coefficient (Wildman–Crippen LogP) is 7.93. The highest BCUT2D eigenvalue weighted by atomic mass is 32.2. The number of Topliss-reactive ketones (excluding diaryl/α,β-unsaturated/α-hetero) is 1. The summed E-state index contributed by atoms with van der Waals surface area (Å²) >= 11 is 1.29. The van der Waals surface area contributed by atoms with Gasteiger partial charge in [0.1, 0.15) is 0 Å². The van der Waals surface area contributed by atoms with Crippen molar-refractivity contribution in [2.24, 2.45) is 0 Å². The first-order chi connectivity index (χ1) is 16.7. The van der Waals surface area contributed by atoms with Gasteiger partial charge in [0.05, 0.1) is 5.75 Å². The average Bonchev–Trinajstić information content (AvgIpc) is 2.85. The minimum Gasteiger partial charge on any atom is -0.301 e. The molecule has 0 saturated heterocycles. The standard InChI is InChI=1S/C29H42N2O2S/c1-2-3-4-5-6-7-8-9-10-11-12-13-14-15-19-22-26-23-28(33)31-29(30-26)34-24-27(32)25-20-17-16-18-21-25/h9-10,16-18,20-21,23H,2-8,11-15,19,22,24H2,1H3,(H,30,31,33). The second kappa shape index (κ2) is 18.2. The van der Waals surface area contributed by atoms with E-state index in [1.165, 1.54) is 82.4 Å². The molecule has 0 bridgehead atoms. The number of H-pyrrole nitrogens is 1. The van der Waals surface area contributed by atoms with E-state index in [1.807, 2.05) is 30.3 Å². The van der Waals surface area contributed by atoms with Gasteiger partial charge < -0.3 is 4.98 Å². The summed E-state index contributed by atoms with van der Waals surface area (Å²) < 4.78 is 0. The molecule has 0 aliphatic carbocycles. The Balaban J connectivity index is 1.54. The number of aromatic amines is 1. The van der Waals surface area contributed by atoms with Crippen LogP contribution in [0.4, 0.5) is 0 Å². The van der Waals surface area contributed by atoms with Gasteiger partial charge in [-0.2, -0.15) is 0 Å². The van der Waals surface area contributed by atoms with Crippen molar-refractivity contribution in [2.75, 3.05) is 5.75 Å². The van der Waals surface area contributed by atoms with Gasteiger partial charge in [0.25, 0.3) is 5.56 Å². The zero-order valence-electron chi connectivity index (χ0n) is 20.9. The fourth-order valence-corrected chi connectivity index (χ4v) is 4.69. The molecule has 0 saturated carbocycles. The van der Waals surface area contributed by atoms with Crippen LogP contribution >= 0.6 is 11.8 Å².